The van der Waals surface area contributed by atoms with Crippen molar-refractivity contribution in [1.82, 2.24) is 16.0 Å². The van der Waals surface area contributed by atoms with Gasteiger partial charge in [0.1, 0.15) is 24.6 Å². The molecule has 1 saturated heterocycles. The maximum Gasteiger partial charge on any atom is 0.305 e. The SMILES string of the molecule is CCCCCOC(C)OCC1(COC(C)OCCCCC)N=C2C=C/C(=C3\C(=O)C(C4CCC5NC(COC(=O)CCCCC)(COC(=O)CCCCC)NC6CCCC4C65)=C3O)C3CCCC(N1)C23. The van der Waals surface area contributed by atoms with E-state index in [1.165, 1.54) is 0 Å². The van der Waals surface area contributed by atoms with Gasteiger partial charge in [-0.3, -0.25) is 35.3 Å². The Morgan fingerprint density at radius 1 is 0.657 bits per heavy atom. The van der Waals surface area contributed by atoms with Crippen LogP contribution in [0.2, 0.25) is 0 Å². The molecule has 3 saturated carbocycles. The Bertz CT molecular complexity index is 1820. The van der Waals surface area contributed by atoms with E-state index in [4.69, 9.17) is 33.4 Å². The largest absolute Gasteiger partial charge is 0.507 e. The Hall–Kier alpha value is -2.98. The highest BCUT2D eigenvalue weighted by Crippen LogP contribution is 2.54. The molecule has 0 aromatic rings. The zero-order valence-electron chi connectivity index (χ0n) is 43.8. The fourth-order valence-corrected chi connectivity index (χ4v) is 12.9. The van der Waals surface area contributed by atoms with Gasteiger partial charge in [0.05, 0.1) is 18.8 Å². The van der Waals surface area contributed by atoms with E-state index >= 15 is 0 Å². The summed E-state index contributed by atoms with van der Waals surface area (Å²) in [6, 6.07) is 0.219. The summed E-state index contributed by atoms with van der Waals surface area (Å²) in [5.74, 6) is 0.104. The number of esters is 2. The second-order valence-corrected chi connectivity index (χ2v) is 21.7. The van der Waals surface area contributed by atoms with Crippen LogP contribution in [0, 0.1) is 29.6 Å². The molecule has 14 heteroatoms. The predicted molar refractivity (Wildman–Crippen MR) is 271 cm³/mol. The normalized spacial score (nSPS) is 31.8. The number of carbonyl (C=O) groups excluding carboxylic acids is 3. The molecule has 394 valence electrons. The van der Waals surface area contributed by atoms with E-state index < -0.39 is 23.9 Å². The maximum atomic E-state index is 14.7. The third-order valence-electron chi connectivity index (χ3n) is 16.4. The van der Waals surface area contributed by atoms with Crippen molar-refractivity contribution in [3.05, 3.63) is 34.6 Å². The summed E-state index contributed by atoms with van der Waals surface area (Å²) >= 11 is 0. The van der Waals surface area contributed by atoms with Gasteiger partial charge in [-0.1, -0.05) is 98.0 Å². The van der Waals surface area contributed by atoms with Crippen molar-refractivity contribution in [1.29, 1.82) is 0 Å². The van der Waals surface area contributed by atoms with Crippen LogP contribution in [0.25, 0.3) is 0 Å². The van der Waals surface area contributed by atoms with Crippen molar-refractivity contribution in [2.24, 2.45) is 34.6 Å². The molecule has 0 aromatic heterocycles. The van der Waals surface area contributed by atoms with Gasteiger partial charge in [0.15, 0.2) is 24.0 Å². The molecule has 0 amide bonds. The molecular weight excluding hydrogens is 889 g/mol. The highest BCUT2D eigenvalue weighted by Gasteiger charge is 2.57. The molecule has 4 N–H and O–H groups in total. The first-order chi connectivity index (χ1) is 34.0. The van der Waals surface area contributed by atoms with Gasteiger partial charge in [0, 0.05) is 61.4 Å². The molecule has 4 fully saturated rings. The Balaban J connectivity index is 1.08. The third-order valence-corrected chi connectivity index (χ3v) is 16.4. The van der Waals surface area contributed by atoms with E-state index in [9.17, 15) is 19.5 Å². The second kappa shape index (κ2) is 26.3. The smallest absolute Gasteiger partial charge is 0.305 e. The molecule has 10 atom stereocenters. The number of unbranched alkanes of at least 4 members (excludes halogenated alkanes) is 8. The minimum absolute atomic E-state index is 0.0120. The molecular formula is C56H90N4O10. The Morgan fingerprint density at radius 2 is 1.21 bits per heavy atom. The van der Waals surface area contributed by atoms with Crippen LogP contribution in [0.15, 0.2) is 39.6 Å². The Labute approximate surface area is 419 Å². The number of Topliss-reactive ketones (excluding diaryl/α,β-unsaturated/α-hetero) is 1. The number of allylic oxidation sites excluding steroid dienone is 5. The monoisotopic (exact) mass is 979 g/mol. The van der Waals surface area contributed by atoms with Crippen LogP contribution >= 0.6 is 0 Å². The van der Waals surface area contributed by atoms with Gasteiger partial charge in [0.2, 0.25) is 0 Å². The molecule has 70 heavy (non-hydrogen) atoms. The molecule has 7 rings (SSSR count). The molecule has 0 aromatic carbocycles. The van der Waals surface area contributed by atoms with Gasteiger partial charge in [-0.2, -0.15) is 0 Å². The minimum Gasteiger partial charge on any atom is -0.507 e. The number of ketones is 1. The number of aliphatic hydroxyl groups excluding tert-OH is 1. The van der Waals surface area contributed by atoms with E-state index in [1.54, 1.807) is 0 Å². The van der Waals surface area contributed by atoms with E-state index in [0.717, 1.165) is 140 Å². The fraction of sp³-hybridized carbons (Fsp3) is 0.821. The summed E-state index contributed by atoms with van der Waals surface area (Å²) in [7, 11) is 0. The molecule has 2 aliphatic heterocycles. The number of nitrogens with zero attached hydrogens (tertiary/aromatic N) is 1. The Kier molecular flexibility index (Phi) is 20.6. The molecule has 7 aliphatic rings. The second-order valence-electron chi connectivity index (χ2n) is 21.7. The summed E-state index contributed by atoms with van der Waals surface area (Å²) < 4.78 is 36.7. The van der Waals surface area contributed by atoms with Crippen molar-refractivity contribution in [2.75, 3.05) is 39.6 Å². The third kappa shape index (κ3) is 13.4. The number of rotatable bonds is 29. The van der Waals surface area contributed by atoms with Gasteiger partial charge in [0.25, 0.3) is 0 Å². The lowest BCUT2D eigenvalue weighted by Gasteiger charge is -2.58. The van der Waals surface area contributed by atoms with Crippen LogP contribution in [-0.4, -0.2) is 110 Å². The highest BCUT2D eigenvalue weighted by atomic mass is 16.7. The van der Waals surface area contributed by atoms with Gasteiger partial charge in [-0.05, 0) is 113 Å². The topological polar surface area (TPSA) is 175 Å². The van der Waals surface area contributed by atoms with Crippen LogP contribution < -0.4 is 16.0 Å². The fourth-order valence-electron chi connectivity index (χ4n) is 12.9. The lowest BCUT2D eigenvalue weighted by molar-refractivity contribution is -0.174. The lowest BCUT2D eigenvalue weighted by atomic mass is 9.56. The van der Waals surface area contributed by atoms with Crippen molar-refractivity contribution >= 4 is 23.4 Å². The summed E-state index contributed by atoms with van der Waals surface area (Å²) in [6.45, 7) is 14.4. The van der Waals surface area contributed by atoms with Gasteiger partial charge in [-0.15, -0.1) is 0 Å². The standard InChI is InChI=1S/C56H90N4O10/c1-7-11-15-25-47(61)69-35-56(36-70-48(62)26-16-12-8-2)58-44-24-20-22-40-42(28-30-46(60-56)50(40)44)52-53(63)51(54(52)64)41-27-29-45-49-39(41)21-19-23-43(49)57-55(59-45,33-67-37(5)65-31-17-13-9-3)34-68-38(6)66-32-18-14-10-4/h27,29,37-40,42-44,46,49-50,57-58,60,63H,7-26,28,30-36H2,1-6H3/b51-41+. The summed E-state index contributed by atoms with van der Waals surface area (Å²) in [4.78, 5) is 45.9. The predicted octanol–water partition coefficient (Wildman–Crippen LogP) is 9.61. The zero-order valence-corrected chi connectivity index (χ0v) is 43.8. The van der Waals surface area contributed by atoms with E-state index in [2.05, 4.69) is 55.8 Å². The minimum atomic E-state index is -0.908. The first-order valence-corrected chi connectivity index (χ1v) is 28.1. The number of aliphatic imine (C=N–C) groups is 1. The van der Waals surface area contributed by atoms with Gasteiger partial charge < -0.3 is 33.5 Å². The van der Waals surface area contributed by atoms with E-state index in [0.29, 0.717) is 37.2 Å². The number of hydrogen-bond donors (Lipinski definition) is 4. The number of ether oxygens (including phenoxy) is 6. The molecule has 14 nitrogen and oxygen atoms in total. The molecule has 0 spiro atoms. The first kappa shape index (κ1) is 54.8. The first-order valence-electron chi connectivity index (χ1n) is 28.1. The summed E-state index contributed by atoms with van der Waals surface area (Å²) in [5.41, 5.74) is 1.23. The van der Waals surface area contributed by atoms with Crippen molar-refractivity contribution < 1.29 is 47.9 Å². The molecule has 10 unspecified atom stereocenters. The average molecular weight is 979 g/mol. The van der Waals surface area contributed by atoms with Gasteiger partial charge in [-0.25, -0.2) is 0 Å². The molecule has 0 radical (unpaired) electrons. The van der Waals surface area contributed by atoms with Gasteiger partial charge >= 0.3 is 11.9 Å². The summed E-state index contributed by atoms with van der Waals surface area (Å²) in [6.07, 6.45) is 23.3. The van der Waals surface area contributed by atoms with Crippen LogP contribution in [0.3, 0.4) is 0 Å². The van der Waals surface area contributed by atoms with Crippen LogP contribution in [-0.2, 0) is 42.8 Å². The van der Waals surface area contributed by atoms with Crippen molar-refractivity contribution in [3.63, 3.8) is 0 Å². The van der Waals surface area contributed by atoms with Crippen LogP contribution in [0.1, 0.15) is 183 Å². The van der Waals surface area contributed by atoms with Crippen molar-refractivity contribution in [2.45, 2.75) is 225 Å². The highest BCUT2D eigenvalue weighted by molar-refractivity contribution is 6.20. The number of aliphatic hydroxyl groups is 1. The molecule has 2 heterocycles. The van der Waals surface area contributed by atoms with Crippen molar-refractivity contribution in [3.8, 4) is 0 Å². The van der Waals surface area contributed by atoms with E-state index in [1.807, 2.05) is 13.8 Å². The number of hydrogen-bond acceptors (Lipinski definition) is 14. The number of carbonyl (C=O) groups is 3. The summed E-state index contributed by atoms with van der Waals surface area (Å²) in [5, 5.41) is 23.7. The maximum absolute atomic E-state index is 14.7. The quantitative estimate of drug-likeness (QED) is 0.0242. The average Bonchev–Trinajstić information content (AvgIpc) is 3.36. The van der Waals surface area contributed by atoms with E-state index in [-0.39, 0.29) is 97.6 Å². The Morgan fingerprint density at radius 3 is 1.80 bits per heavy atom. The van der Waals surface area contributed by atoms with Crippen LogP contribution in [0.4, 0.5) is 0 Å². The molecule has 0 bridgehead atoms. The number of nitrogens with one attached hydrogen (secondary N) is 3. The molecule has 5 aliphatic carbocycles. The lowest BCUT2D eigenvalue weighted by Crippen LogP contribution is -2.77. The van der Waals surface area contributed by atoms with Crippen LogP contribution in [0.5, 0.6) is 0 Å². The zero-order chi connectivity index (χ0) is 49.7.